The Bertz CT molecular complexity index is 590. The van der Waals surface area contributed by atoms with Gasteiger partial charge in [-0.15, -0.1) is 0 Å². The number of benzene rings is 1. The van der Waals surface area contributed by atoms with Crippen LogP contribution in [0.1, 0.15) is 37.7 Å². The van der Waals surface area contributed by atoms with Crippen LogP contribution in [-0.2, 0) is 9.53 Å². The molecule has 1 saturated heterocycles. The van der Waals surface area contributed by atoms with E-state index in [4.69, 9.17) is 9.47 Å². The van der Waals surface area contributed by atoms with E-state index < -0.39 is 0 Å². The van der Waals surface area contributed by atoms with Crippen molar-refractivity contribution in [2.24, 2.45) is 0 Å². The van der Waals surface area contributed by atoms with Gasteiger partial charge in [-0.1, -0.05) is 18.2 Å². The molecule has 0 radical (unpaired) electrons. The molecule has 1 aromatic rings. The number of nitrogens with zero attached hydrogens (tertiary/aromatic N) is 1. The lowest BCUT2D eigenvalue weighted by molar-refractivity contribution is -0.140. The summed E-state index contributed by atoms with van der Waals surface area (Å²) in [6.07, 6.45) is 3.04. The molecule has 0 bridgehead atoms. The molecule has 2 fully saturated rings. The monoisotopic (exact) mass is 333 g/mol. The third-order valence-electron chi connectivity index (χ3n) is 5.55. The van der Waals surface area contributed by atoms with Gasteiger partial charge in [0.15, 0.2) is 0 Å². The van der Waals surface area contributed by atoms with Crippen molar-refractivity contribution in [1.29, 1.82) is 0 Å². The molecule has 1 aliphatic heterocycles. The molecule has 0 aromatic heterocycles. The number of fused-ring (bicyclic) bond motifs is 1. The van der Waals surface area contributed by atoms with Crippen molar-refractivity contribution < 1.29 is 19.4 Å². The molecule has 0 unspecified atom stereocenters. The molecule has 1 N–H and O–H groups in total. The van der Waals surface area contributed by atoms with Crippen LogP contribution in [-0.4, -0.2) is 53.9 Å². The molecule has 24 heavy (non-hydrogen) atoms. The van der Waals surface area contributed by atoms with Crippen LogP contribution in [0.25, 0.3) is 0 Å². The lowest BCUT2D eigenvalue weighted by Crippen LogP contribution is -2.52. The number of aliphatic hydroxyl groups excluding tert-OH is 1. The molecule has 3 atom stereocenters. The number of carbonyl (C=O) groups excluding carboxylic acids is 1. The minimum absolute atomic E-state index is 0.0165. The largest absolute Gasteiger partial charge is 0.493 e. The van der Waals surface area contributed by atoms with Crippen molar-refractivity contribution in [3.63, 3.8) is 0 Å². The Labute approximate surface area is 143 Å². The van der Waals surface area contributed by atoms with E-state index in [0.29, 0.717) is 26.0 Å². The highest BCUT2D eigenvalue weighted by Gasteiger charge is 2.52. The Kier molecular flexibility index (Phi) is 5.11. The van der Waals surface area contributed by atoms with Gasteiger partial charge in [0.05, 0.1) is 30.8 Å². The van der Waals surface area contributed by atoms with Gasteiger partial charge < -0.3 is 19.5 Å². The third kappa shape index (κ3) is 3.28. The average Bonchev–Trinajstić information content (AvgIpc) is 2.96. The van der Waals surface area contributed by atoms with Gasteiger partial charge in [0, 0.05) is 13.7 Å². The Morgan fingerprint density at radius 3 is 2.92 bits per heavy atom. The number of methoxy groups -OCH3 is 1. The zero-order valence-electron chi connectivity index (χ0n) is 14.5. The van der Waals surface area contributed by atoms with Crippen LogP contribution < -0.4 is 4.74 Å². The Morgan fingerprint density at radius 2 is 2.17 bits per heavy atom. The normalized spacial score (nSPS) is 29.4. The fourth-order valence-electron chi connectivity index (χ4n) is 4.09. The molecule has 1 saturated carbocycles. The maximum atomic E-state index is 12.6. The van der Waals surface area contributed by atoms with Crippen LogP contribution in [0.2, 0.25) is 0 Å². The predicted octanol–water partition coefficient (Wildman–Crippen LogP) is 2.29. The first-order valence-corrected chi connectivity index (χ1v) is 8.77. The molecule has 1 aromatic carbocycles. The van der Waals surface area contributed by atoms with E-state index in [2.05, 4.69) is 0 Å². The summed E-state index contributed by atoms with van der Waals surface area (Å²) in [7, 11) is 1.72. The smallest absolute Gasteiger partial charge is 0.226 e. The van der Waals surface area contributed by atoms with E-state index in [0.717, 1.165) is 30.6 Å². The number of hydrogen-bond acceptors (Lipinski definition) is 4. The van der Waals surface area contributed by atoms with Crippen LogP contribution in [0.3, 0.4) is 0 Å². The van der Waals surface area contributed by atoms with Gasteiger partial charge in [0.2, 0.25) is 5.91 Å². The number of hydrogen-bond donors (Lipinski definition) is 1. The molecule has 2 aliphatic rings. The standard InChI is InChI=1S/C19H27NO4/c1-14-5-3-4-6-16(14)24-12-8-18(22)20-11-10-19(23-2)9-7-15(21)13-17(19)20/h3-6,15,17,21H,7-13H2,1-2H3/t15-,17+,19-/m1/s1. The summed E-state index contributed by atoms with van der Waals surface area (Å²) in [5, 5.41) is 10.0. The minimum atomic E-state index is -0.338. The van der Waals surface area contributed by atoms with E-state index in [1.807, 2.05) is 36.1 Å². The summed E-state index contributed by atoms with van der Waals surface area (Å²) in [5.74, 6) is 0.910. The number of likely N-dealkylation sites (tertiary alicyclic amines) is 1. The molecule has 5 nitrogen and oxygen atoms in total. The highest BCUT2D eigenvalue weighted by atomic mass is 16.5. The topological polar surface area (TPSA) is 59.0 Å². The summed E-state index contributed by atoms with van der Waals surface area (Å²) in [6.45, 7) is 3.07. The number of amides is 1. The number of aryl methyl sites for hydroxylation is 1. The molecule has 1 amide bonds. The van der Waals surface area contributed by atoms with Crippen molar-refractivity contribution in [2.45, 2.75) is 56.8 Å². The zero-order chi connectivity index (χ0) is 17.2. The molecular weight excluding hydrogens is 306 g/mol. The summed E-state index contributed by atoms with van der Waals surface area (Å²) in [4.78, 5) is 14.5. The van der Waals surface area contributed by atoms with E-state index in [-0.39, 0.29) is 23.7 Å². The van der Waals surface area contributed by atoms with E-state index in [1.54, 1.807) is 7.11 Å². The highest BCUT2D eigenvalue weighted by Crippen LogP contribution is 2.42. The van der Waals surface area contributed by atoms with Gasteiger partial charge in [-0.05, 0) is 44.2 Å². The van der Waals surface area contributed by atoms with Crippen molar-refractivity contribution >= 4 is 5.91 Å². The Hall–Kier alpha value is -1.59. The van der Waals surface area contributed by atoms with Crippen LogP contribution in [0, 0.1) is 6.92 Å². The van der Waals surface area contributed by atoms with Crippen molar-refractivity contribution in [1.82, 2.24) is 4.90 Å². The second-order valence-corrected chi connectivity index (χ2v) is 6.91. The van der Waals surface area contributed by atoms with Gasteiger partial charge >= 0.3 is 0 Å². The fourth-order valence-corrected chi connectivity index (χ4v) is 4.09. The number of rotatable bonds is 5. The van der Waals surface area contributed by atoms with Crippen molar-refractivity contribution in [3.05, 3.63) is 29.8 Å². The average molecular weight is 333 g/mol. The van der Waals surface area contributed by atoms with Crippen LogP contribution >= 0.6 is 0 Å². The Morgan fingerprint density at radius 1 is 1.38 bits per heavy atom. The number of carbonyl (C=O) groups is 1. The maximum Gasteiger partial charge on any atom is 0.226 e. The molecule has 132 valence electrons. The van der Waals surface area contributed by atoms with Gasteiger partial charge in [-0.3, -0.25) is 4.79 Å². The van der Waals surface area contributed by atoms with Crippen molar-refractivity contribution in [2.75, 3.05) is 20.3 Å². The lowest BCUT2D eigenvalue weighted by atomic mass is 9.79. The highest BCUT2D eigenvalue weighted by molar-refractivity contribution is 5.77. The second-order valence-electron chi connectivity index (χ2n) is 6.91. The predicted molar refractivity (Wildman–Crippen MR) is 91.0 cm³/mol. The molecule has 3 rings (SSSR count). The summed E-state index contributed by atoms with van der Waals surface area (Å²) in [6, 6.07) is 7.80. The molecule has 1 heterocycles. The number of aliphatic hydroxyl groups is 1. The quantitative estimate of drug-likeness (QED) is 0.898. The van der Waals surface area contributed by atoms with Crippen LogP contribution in [0.15, 0.2) is 24.3 Å². The van der Waals surface area contributed by atoms with Gasteiger partial charge in [0.25, 0.3) is 0 Å². The number of para-hydroxylation sites is 1. The first-order chi connectivity index (χ1) is 11.6. The van der Waals surface area contributed by atoms with E-state index >= 15 is 0 Å². The molecule has 1 aliphatic carbocycles. The first kappa shape index (κ1) is 17.2. The SMILES string of the molecule is CO[C@@]12CC[C@@H](O)C[C@@H]1N(C(=O)CCOc1ccccc1C)CC2. The summed E-state index contributed by atoms with van der Waals surface area (Å²) >= 11 is 0. The van der Waals surface area contributed by atoms with Gasteiger partial charge in [-0.2, -0.15) is 0 Å². The third-order valence-corrected chi connectivity index (χ3v) is 5.55. The number of ether oxygens (including phenoxy) is 2. The van der Waals surface area contributed by atoms with E-state index in [1.165, 1.54) is 0 Å². The van der Waals surface area contributed by atoms with Crippen molar-refractivity contribution in [3.8, 4) is 5.75 Å². The van der Waals surface area contributed by atoms with Gasteiger partial charge in [-0.25, -0.2) is 0 Å². The molecule has 5 heteroatoms. The summed E-state index contributed by atoms with van der Waals surface area (Å²) < 4.78 is 11.5. The summed E-state index contributed by atoms with van der Waals surface area (Å²) in [5.41, 5.74) is 0.797. The zero-order valence-corrected chi connectivity index (χ0v) is 14.5. The van der Waals surface area contributed by atoms with Crippen LogP contribution in [0.4, 0.5) is 0 Å². The first-order valence-electron chi connectivity index (χ1n) is 8.77. The minimum Gasteiger partial charge on any atom is -0.493 e. The second kappa shape index (κ2) is 7.11. The van der Waals surface area contributed by atoms with Crippen LogP contribution in [0.5, 0.6) is 5.75 Å². The molecule has 0 spiro atoms. The Balaban J connectivity index is 1.58. The lowest BCUT2D eigenvalue weighted by Gasteiger charge is -2.42. The van der Waals surface area contributed by atoms with E-state index in [9.17, 15) is 9.90 Å². The molecular formula is C19H27NO4. The fraction of sp³-hybridized carbons (Fsp3) is 0.632. The maximum absolute atomic E-state index is 12.6. The van der Waals surface area contributed by atoms with Gasteiger partial charge in [0.1, 0.15) is 5.75 Å².